The molecule has 0 spiro atoms. The maximum Gasteiger partial charge on any atom is 0.120 e. The molecule has 0 saturated heterocycles. The number of rotatable bonds is 4. The SMILES string of the molecule is OC(COc1cccc(Cl)c1)c1cccc2cnccc12. The summed E-state index contributed by atoms with van der Waals surface area (Å²) in [6.45, 7) is 0.168. The number of benzene rings is 2. The van der Waals surface area contributed by atoms with Crippen LogP contribution in [0, 0.1) is 0 Å². The zero-order chi connectivity index (χ0) is 14.7. The Morgan fingerprint density at radius 1 is 1.14 bits per heavy atom. The third kappa shape index (κ3) is 3.15. The van der Waals surface area contributed by atoms with Gasteiger partial charge in [0.25, 0.3) is 0 Å². The first-order valence-corrected chi connectivity index (χ1v) is 7.01. The van der Waals surface area contributed by atoms with Crippen molar-refractivity contribution in [2.24, 2.45) is 0 Å². The van der Waals surface area contributed by atoms with Gasteiger partial charge in [-0.25, -0.2) is 0 Å². The van der Waals surface area contributed by atoms with E-state index in [1.165, 1.54) is 0 Å². The molecule has 1 heterocycles. The molecule has 3 rings (SSSR count). The predicted molar refractivity (Wildman–Crippen MR) is 83.6 cm³/mol. The second-order valence-electron chi connectivity index (χ2n) is 4.73. The van der Waals surface area contributed by atoms with Gasteiger partial charge in [0.05, 0.1) is 0 Å². The van der Waals surface area contributed by atoms with Crippen LogP contribution in [0.15, 0.2) is 60.9 Å². The molecule has 1 atom stereocenters. The molecular weight excluding hydrogens is 286 g/mol. The van der Waals surface area contributed by atoms with Crippen LogP contribution in [0.3, 0.4) is 0 Å². The molecule has 0 saturated carbocycles. The number of aliphatic hydroxyl groups is 1. The third-order valence-electron chi connectivity index (χ3n) is 3.28. The number of hydrogen-bond acceptors (Lipinski definition) is 3. The van der Waals surface area contributed by atoms with Crippen LogP contribution in [0.4, 0.5) is 0 Å². The van der Waals surface area contributed by atoms with Crippen LogP contribution in [0.25, 0.3) is 10.8 Å². The molecule has 1 aromatic heterocycles. The Bertz CT molecular complexity index is 755. The molecule has 0 aliphatic rings. The highest BCUT2D eigenvalue weighted by Crippen LogP contribution is 2.25. The van der Waals surface area contributed by atoms with E-state index in [4.69, 9.17) is 16.3 Å². The summed E-state index contributed by atoms with van der Waals surface area (Å²) in [5.74, 6) is 0.642. The quantitative estimate of drug-likeness (QED) is 0.792. The maximum atomic E-state index is 10.4. The molecule has 0 amide bonds. The molecule has 1 N–H and O–H groups in total. The first kappa shape index (κ1) is 13.9. The minimum absolute atomic E-state index is 0.168. The van der Waals surface area contributed by atoms with Crippen LogP contribution in [-0.2, 0) is 0 Å². The van der Waals surface area contributed by atoms with Crippen LogP contribution in [-0.4, -0.2) is 16.7 Å². The van der Waals surface area contributed by atoms with Crippen LogP contribution < -0.4 is 4.74 Å². The van der Waals surface area contributed by atoms with Gasteiger partial charge >= 0.3 is 0 Å². The molecule has 1 unspecified atom stereocenters. The normalized spacial score (nSPS) is 12.3. The minimum atomic E-state index is -0.713. The Morgan fingerprint density at radius 2 is 2.00 bits per heavy atom. The molecule has 4 heteroatoms. The molecule has 21 heavy (non-hydrogen) atoms. The van der Waals surface area contributed by atoms with E-state index in [-0.39, 0.29) is 6.61 Å². The summed E-state index contributed by atoms with van der Waals surface area (Å²) in [7, 11) is 0. The summed E-state index contributed by atoms with van der Waals surface area (Å²) < 4.78 is 5.60. The van der Waals surface area contributed by atoms with Crippen molar-refractivity contribution in [2.45, 2.75) is 6.10 Å². The fourth-order valence-corrected chi connectivity index (χ4v) is 2.44. The van der Waals surface area contributed by atoms with Crippen molar-refractivity contribution in [3.05, 3.63) is 71.5 Å². The van der Waals surface area contributed by atoms with E-state index in [9.17, 15) is 5.11 Å². The second-order valence-corrected chi connectivity index (χ2v) is 5.16. The number of aliphatic hydroxyl groups excluding tert-OH is 1. The lowest BCUT2D eigenvalue weighted by Gasteiger charge is -2.15. The van der Waals surface area contributed by atoms with E-state index < -0.39 is 6.10 Å². The average molecular weight is 300 g/mol. The highest BCUT2D eigenvalue weighted by Gasteiger charge is 2.12. The van der Waals surface area contributed by atoms with E-state index in [2.05, 4.69) is 4.98 Å². The summed E-state index contributed by atoms with van der Waals surface area (Å²) in [5.41, 5.74) is 0.830. The largest absolute Gasteiger partial charge is 0.490 e. The summed E-state index contributed by atoms with van der Waals surface area (Å²) in [5, 5.41) is 13.0. The van der Waals surface area contributed by atoms with Crippen molar-refractivity contribution in [1.29, 1.82) is 0 Å². The van der Waals surface area contributed by atoms with Crippen LogP contribution in [0.1, 0.15) is 11.7 Å². The van der Waals surface area contributed by atoms with Gasteiger partial charge in [-0.2, -0.15) is 0 Å². The van der Waals surface area contributed by atoms with Crippen LogP contribution in [0.5, 0.6) is 5.75 Å². The van der Waals surface area contributed by atoms with E-state index in [0.29, 0.717) is 10.8 Å². The Kier molecular flexibility index (Phi) is 4.04. The van der Waals surface area contributed by atoms with Crippen LogP contribution >= 0.6 is 11.6 Å². The summed E-state index contributed by atoms with van der Waals surface area (Å²) in [6, 6.07) is 14.8. The highest BCUT2D eigenvalue weighted by atomic mass is 35.5. The molecular formula is C17H14ClNO2. The molecule has 0 radical (unpaired) electrons. The molecule has 0 bridgehead atoms. The van der Waals surface area contributed by atoms with E-state index in [1.807, 2.05) is 36.4 Å². The second kappa shape index (κ2) is 6.12. The minimum Gasteiger partial charge on any atom is -0.490 e. The first-order chi connectivity index (χ1) is 10.2. The fourth-order valence-electron chi connectivity index (χ4n) is 2.26. The van der Waals surface area contributed by atoms with Crippen molar-refractivity contribution >= 4 is 22.4 Å². The van der Waals surface area contributed by atoms with Gasteiger partial charge < -0.3 is 9.84 Å². The first-order valence-electron chi connectivity index (χ1n) is 6.63. The number of pyridine rings is 1. The van der Waals surface area contributed by atoms with Gasteiger partial charge in [-0.15, -0.1) is 0 Å². The monoisotopic (exact) mass is 299 g/mol. The number of ether oxygens (including phenoxy) is 1. The van der Waals surface area contributed by atoms with E-state index in [0.717, 1.165) is 16.3 Å². The molecule has 3 aromatic rings. The van der Waals surface area contributed by atoms with E-state index >= 15 is 0 Å². The van der Waals surface area contributed by atoms with Crippen LogP contribution in [0.2, 0.25) is 5.02 Å². The third-order valence-corrected chi connectivity index (χ3v) is 3.51. The highest BCUT2D eigenvalue weighted by molar-refractivity contribution is 6.30. The van der Waals surface area contributed by atoms with Gasteiger partial charge in [0.15, 0.2) is 0 Å². The molecule has 0 fully saturated rings. The van der Waals surface area contributed by atoms with Crippen molar-refractivity contribution in [1.82, 2.24) is 4.98 Å². The summed E-state index contributed by atoms with van der Waals surface area (Å²) in [4.78, 5) is 4.09. The Balaban J connectivity index is 1.79. The maximum absolute atomic E-state index is 10.4. The molecule has 106 valence electrons. The van der Waals surface area contributed by atoms with Gasteiger partial charge in [0, 0.05) is 22.8 Å². The van der Waals surface area contributed by atoms with Crippen molar-refractivity contribution < 1.29 is 9.84 Å². The number of hydrogen-bond donors (Lipinski definition) is 1. The zero-order valence-electron chi connectivity index (χ0n) is 11.2. The lowest BCUT2D eigenvalue weighted by molar-refractivity contribution is 0.109. The number of fused-ring (bicyclic) bond motifs is 1. The average Bonchev–Trinajstić information content (AvgIpc) is 2.52. The number of nitrogens with zero attached hydrogens (tertiary/aromatic N) is 1. The fraction of sp³-hybridized carbons (Fsp3) is 0.118. The Morgan fingerprint density at radius 3 is 2.86 bits per heavy atom. The van der Waals surface area contributed by atoms with Crippen molar-refractivity contribution in [3.8, 4) is 5.75 Å². The lowest BCUT2D eigenvalue weighted by atomic mass is 10.0. The predicted octanol–water partition coefficient (Wildman–Crippen LogP) is 4.00. The van der Waals surface area contributed by atoms with Gasteiger partial charge in [-0.3, -0.25) is 4.98 Å². The van der Waals surface area contributed by atoms with Crippen molar-refractivity contribution in [2.75, 3.05) is 6.61 Å². The number of aromatic nitrogens is 1. The summed E-state index contributed by atoms with van der Waals surface area (Å²) in [6.07, 6.45) is 2.79. The zero-order valence-corrected chi connectivity index (χ0v) is 12.0. The smallest absolute Gasteiger partial charge is 0.120 e. The summed E-state index contributed by atoms with van der Waals surface area (Å²) >= 11 is 5.91. The van der Waals surface area contributed by atoms with Gasteiger partial charge in [-0.1, -0.05) is 35.9 Å². The van der Waals surface area contributed by atoms with E-state index in [1.54, 1.807) is 24.5 Å². The Labute approximate surface area is 127 Å². The van der Waals surface area contributed by atoms with Gasteiger partial charge in [0.2, 0.25) is 0 Å². The standard InChI is InChI=1S/C17H14ClNO2/c18-13-4-2-5-14(9-13)21-11-17(20)16-6-1-3-12-10-19-8-7-15(12)16/h1-10,17,20H,11H2. The molecule has 0 aliphatic carbocycles. The van der Waals surface area contributed by atoms with Gasteiger partial charge in [-0.05, 0) is 35.2 Å². The van der Waals surface area contributed by atoms with Gasteiger partial charge in [0.1, 0.15) is 18.5 Å². The Hall–Kier alpha value is -2.10. The molecule has 0 aliphatic heterocycles. The molecule has 3 nitrogen and oxygen atoms in total. The molecule has 2 aromatic carbocycles. The lowest BCUT2D eigenvalue weighted by Crippen LogP contribution is -2.10. The topological polar surface area (TPSA) is 42.4 Å². The van der Waals surface area contributed by atoms with Crippen molar-refractivity contribution in [3.63, 3.8) is 0 Å². The number of halogens is 1.